The molecule has 0 fully saturated rings. The molecule has 0 saturated carbocycles. The van der Waals surface area contributed by atoms with Crippen LogP contribution in [0.2, 0.25) is 0 Å². The molecule has 2 N–H and O–H groups in total. The average Bonchev–Trinajstić information content (AvgIpc) is 2.31. The van der Waals surface area contributed by atoms with E-state index in [0.29, 0.717) is 6.54 Å². The minimum atomic E-state index is -0.580. The van der Waals surface area contributed by atoms with Gasteiger partial charge < -0.3 is 10.6 Å². The number of anilines is 2. The third kappa shape index (κ3) is 3.34. The van der Waals surface area contributed by atoms with Gasteiger partial charge in [0.2, 0.25) is 0 Å². The zero-order valence-corrected chi connectivity index (χ0v) is 11.3. The van der Waals surface area contributed by atoms with Gasteiger partial charge in [-0.2, -0.15) is 0 Å². The van der Waals surface area contributed by atoms with Crippen molar-refractivity contribution >= 4 is 11.4 Å². The van der Waals surface area contributed by atoms with Gasteiger partial charge in [-0.1, -0.05) is 20.3 Å². The van der Waals surface area contributed by atoms with E-state index in [2.05, 4.69) is 6.92 Å². The second kappa shape index (κ2) is 6.57. The van der Waals surface area contributed by atoms with Crippen molar-refractivity contribution in [3.63, 3.8) is 0 Å². The van der Waals surface area contributed by atoms with E-state index < -0.39 is 11.6 Å². The highest BCUT2D eigenvalue weighted by atomic mass is 19.1. The van der Waals surface area contributed by atoms with E-state index in [9.17, 15) is 8.78 Å². The summed E-state index contributed by atoms with van der Waals surface area (Å²) < 4.78 is 27.8. The van der Waals surface area contributed by atoms with E-state index >= 15 is 0 Å². The standard InChI is InChI=1S/C14H22F2N2/c1-4-6-7-18(10(3)5-2)14-12(15)8-11(17)9-13(14)16/h8-10H,4-7,17H2,1-3H3. The summed E-state index contributed by atoms with van der Waals surface area (Å²) >= 11 is 0. The van der Waals surface area contributed by atoms with Crippen molar-refractivity contribution in [2.24, 2.45) is 0 Å². The van der Waals surface area contributed by atoms with Gasteiger partial charge in [0.15, 0.2) is 11.6 Å². The highest BCUT2D eigenvalue weighted by Crippen LogP contribution is 2.28. The third-order valence-electron chi connectivity index (χ3n) is 3.20. The molecule has 102 valence electrons. The molecule has 0 heterocycles. The number of unbranched alkanes of at least 4 members (excludes halogenated alkanes) is 1. The molecule has 1 aromatic carbocycles. The van der Waals surface area contributed by atoms with Gasteiger partial charge in [-0.05, 0) is 31.9 Å². The molecule has 2 nitrogen and oxygen atoms in total. The van der Waals surface area contributed by atoms with Crippen molar-refractivity contribution in [2.75, 3.05) is 17.2 Å². The number of halogens is 2. The Morgan fingerprint density at radius 3 is 2.22 bits per heavy atom. The number of nitrogens with two attached hydrogens (primary N) is 1. The fraction of sp³-hybridized carbons (Fsp3) is 0.571. The topological polar surface area (TPSA) is 29.3 Å². The second-order valence-corrected chi connectivity index (χ2v) is 4.64. The molecule has 0 aliphatic rings. The van der Waals surface area contributed by atoms with Crippen LogP contribution < -0.4 is 10.6 Å². The molecule has 0 bridgehead atoms. The van der Waals surface area contributed by atoms with Gasteiger partial charge >= 0.3 is 0 Å². The number of hydrogen-bond acceptors (Lipinski definition) is 2. The van der Waals surface area contributed by atoms with Crippen LogP contribution in [-0.2, 0) is 0 Å². The van der Waals surface area contributed by atoms with Crippen molar-refractivity contribution in [3.05, 3.63) is 23.8 Å². The molecule has 0 saturated heterocycles. The summed E-state index contributed by atoms with van der Waals surface area (Å²) in [5.74, 6) is -1.16. The summed E-state index contributed by atoms with van der Waals surface area (Å²) in [5, 5.41) is 0. The third-order valence-corrected chi connectivity index (χ3v) is 3.20. The van der Waals surface area contributed by atoms with Gasteiger partial charge in [0, 0.05) is 18.3 Å². The molecule has 1 atom stereocenters. The Balaban J connectivity index is 3.11. The molecular formula is C14H22F2N2. The summed E-state index contributed by atoms with van der Waals surface area (Å²) in [6.07, 6.45) is 2.74. The van der Waals surface area contributed by atoms with Crippen molar-refractivity contribution in [1.29, 1.82) is 0 Å². The molecular weight excluding hydrogens is 234 g/mol. The maximum atomic E-state index is 13.9. The molecule has 0 radical (unpaired) electrons. The fourth-order valence-electron chi connectivity index (χ4n) is 1.96. The summed E-state index contributed by atoms with van der Waals surface area (Å²) in [6, 6.07) is 2.46. The second-order valence-electron chi connectivity index (χ2n) is 4.64. The van der Waals surface area contributed by atoms with Gasteiger partial charge in [0.05, 0.1) is 0 Å². The monoisotopic (exact) mass is 256 g/mol. The van der Waals surface area contributed by atoms with Crippen LogP contribution in [0, 0.1) is 11.6 Å². The summed E-state index contributed by atoms with van der Waals surface area (Å²) in [7, 11) is 0. The maximum Gasteiger partial charge on any atom is 0.151 e. The van der Waals surface area contributed by atoms with Gasteiger partial charge in [0.25, 0.3) is 0 Å². The van der Waals surface area contributed by atoms with Crippen molar-refractivity contribution < 1.29 is 8.78 Å². The van der Waals surface area contributed by atoms with E-state index in [4.69, 9.17) is 5.73 Å². The van der Waals surface area contributed by atoms with Gasteiger partial charge in [-0.15, -0.1) is 0 Å². The lowest BCUT2D eigenvalue weighted by Gasteiger charge is -2.31. The zero-order valence-electron chi connectivity index (χ0n) is 11.3. The molecule has 1 rings (SSSR count). The fourth-order valence-corrected chi connectivity index (χ4v) is 1.96. The Hall–Kier alpha value is -1.32. The average molecular weight is 256 g/mol. The predicted octanol–water partition coefficient (Wildman–Crippen LogP) is 3.95. The largest absolute Gasteiger partial charge is 0.399 e. The lowest BCUT2D eigenvalue weighted by Crippen LogP contribution is -2.35. The number of hydrogen-bond donors (Lipinski definition) is 1. The van der Waals surface area contributed by atoms with Gasteiger partial charge in [0.1, 0.15) is 5.69 Å². The van der Waals surface area contributed by atoms with E-state index in [1.807, 2.05) is 13.8 Å². The van der Waals surface area contributed by atoms with E-state index in [1.165, 1.54) is 12.1 Å². The van der Waals surface area contributed by atoms with Crippen molar-refractivity contribution in [1.82, 2.24) is 0 Å². The van der Waals surface area contributed by atoms with E-state index in [0.717, 1.165) is 19.3 Å². The van der Waals surface area contributed by atoms with Crippen LogP contribution in [-0.4, -0.2) is 12.6 Å². The Labute approximate surface area is 108 Å². The van der Waals surface area contributed by atoms with E-state index in [-0.39, 0.29) is 17.4 Å². The zero-order chi connectivity index (χ0) is 13.7. The predicted molar refractivity (Wildman–Crippen MR) is 72.8 cm³/mol. The van der Waals surface area contributed by atoms with Crippen molar-refractivity contribution in [3.8, 4) is 0 Å². The minimum absolute atomic E-state index is 0.0481. The van der Waals surface area contributed by atoms with Crippen LogP contribution in [0.25, 0.3) is 0 Å². The molecule has 0 amide bonds. The smallest absolute Gasteiger partial charge is 0.151 e. The number of rotatable bonds is 6. The summed E-state index contributed by atoms with van der Waals surface area (Å²) in [6.45, 7) is 6.70. The van der Waals surface area contributed by atoms with Crippen LogP contribution in [0.1, 0.15) is 40.0 Å². The molecule has 0 aromatic heterocycles. The lowest BCUT2D eigenvalue weighted by atomic mass is 10.1. The van der Waals surface area contributed by atoms with Crippen LogP contribution in [0.4, 0.5) is 20.2 Å². The van der Waals surface area contributed by atoms with Crippen LogP contribution in [0.15, 0.2) is 12.1 Å². The van der Waals surface area contributed by atoms with E-state index in [1.54, 1.807) is 4.90 Å². The Kier molecular flexibility index (Phi) is 5.38. The summed E-state index contributed by atoms with van der Waals surface area (Å²) in [4.78, 5) is 1.80. The molecule has 18 heavy (non-hydrogen) atoms. The number of nitrogen functional groups attached to an aromatic ring is 1. The first-order valence-electron chi connectivity index (χ1n) is 6.52. The minimum Gasteiger partial charge on any atom is -0.399 e. The van der Waals surface area contributed by atoms with Crippen LogP contribution in [0.5, 0.6) is 0 Å². The van der Waals surface area contributed by atoms with Crippen LogP contribution in [0.3, 0.4) is 0 Å². The molecule has 0 aliphatic heterocycles. The maximum absolute atomic E-state index is 13.9. The lowest BCUT2D eigenvalue weighted by molar-refractivity contribution is 0.533. The van der Waals surface area contributed by atoms with Gasteiger partial charge in [-0.3, -0.25) is 0 Å². The highest BCUT2D eigenvalue weighted by Gasteiger charge is 2.20. The summed E-state index contributed by atoms with van der Waals surface area (Å²) in [5.41, 5.74) is 5.61. The Morgan fingerprint density at radius 1 is 1.22 bits per heavy atom. The Morgan fingerprint density at radius 2 is 1.78 bits per heavy atom. The number of nitrogens with zero attached hydrogens (tertiary/aromatic N) is 1. The number of benzene rings is 1. The molecule has 4 heteroatoms. The Bertz CT molecular complexity index is 370. The molecule has 0 aliphatic carbocycles. The highest BCUT2D eigenvalue weighted by molar-refractivity contribution is 5.56. The first-order valence-corrected chi connectivity index (χ1v) is 6.52. The van der Waals surface area contributed by atoms with Crippen LogP contribution >= 0.6 is 0 Å². The molecule has 1 unspecified atom stereocenters. The molecule has 0 spiro atoms. The normalized spacial score (nSPS) is 12.5. The quantitative estimate of drug-likeness (QED) is 0.781. The first kappa shape index (κ1) is 14.7. The SMILES string of the molecule is CCCCN(c1c(F)cc(N)cc1F)C(C)CC. The first-order chi connectivity index (χ1) is 8.51. The van der Waals surface area contributed by atoms with Gasteiger partial charge in [-0.25, -0.2) is 8.78 Å². The van der Waals surface area contributed by atoms with Crippen molar-refractivity contribution in [2.45, 2.75) is 46.1 Å². The molecule has 1 aromatic rings.